The first-order valence-corrected chi connectivity index (χ1v) is 6.42. The van der Waals surface area contributed by atoms with E-state index in [0.717, 1.165) is 11.1 Å². The van der Waals surface area contributed by atoms with Crippen LogP contribution < -0.4 is 10.2 Å². The van der Waals surface area contributed by atoms with Crippen LogP contribution in [0.25, 0.3) is 0 Å². The summed E-state index contributed by atoms with van der Waals surface area (Å²) in [4.78, 5) is 25.6. The largest absolute Gasteiger partial charge is 0.329 e. The van der Waals surface area contributed by atoms with E-state index in [1.165, 1.54) is 4.90 Å². The summed E-state index contributed by atoms with van der Waals surface area (Å²) in [5.74, 6) is -0.289. The van der Waals surface area contributed by atoms with Crippen molar-refractivity contribution in [2.24, 2.45) is 0 Å². The third-order valence-corrected chi connectivity index (χ3v) is 3.38. The van der Waals surface area contributed by atoms with E-state index in [1.54, 1.807) is 0 Å². The topological polar surface area (TPSA) is 49.4 Å². The summed E-state index contributed by atoms with van der Waals surface area (Å²) in [7, 11) is 0. The van der Waals surface area contributed by atoms with Crippen LogP contribution in [0.2, 0.25) is 0 Å². The summed E-state index contributed by atoms with van der Waals surface area (Å²) in [5, 5.41) is 2.38. The summed E-state index contributed by atoms with van der Waals surface area (Å²) < 4.78 is 0. The van der Waals surface area contributed by atoms with Gasteiger partial charge in [-0.15, -0.1) is 0 Å². The number of carbonyl (C=O) groups excluding carboxylic acids is 2. The first kappa shape index (κ1) is 12.4. The van der Waals surface area contributed by atoms with Crippen LogP contribution in [0, 0.1) is 6.92 Å². The molecule has 0 spiro atoms. The van der Waals surface area contributed by atoms with E-state index >= 15 is 0 Å². The molecule has 1 atom stereocenters. The van der Waals surface area contributed by atoms with Gasteiger partial charge in [-0.3, -0.25) is 15.0 Å². The van der Waals surface area contributed by atoms with Crippen LogP contribution >= 0.6 is 0 Å². The van der Waals surface area contributed by atoms with Crippen molar-refractivity contribution in [3.05, 3.63) is 65.7 Å². The van der Waals surface area contributed by atoms with Gasteiger partial charge in [0, 0.05) is 5.69 Å². The third-order valence-electron chi connectivity index (χ3n) is 3.38. The maximum absolute atomic E-state index is 12.1. The number of aryl methyl sites for hydroxylation is 1. The summed E-state index contributed by atoms with van der Waals surface area (Å²) in [6.45, 7) is 1.98. The van der Waals surface area contributed by atoms with Crippen molar-refractivity contribution in [1.82, 2.24) is 5.32 Å². The van der Waals surface area contributed by atoms with Crippen LogP contribution in [0.15, 0.2) is 54.6 Å². The zero-order valence-corrected chi connectivity index (χ0v) is 11.0. The molecule has 3 amide bonds. The van der Waals surface area contributed by atoms with Gasteiger partial charge in [-0.05, 0) is 24.6 Å². The Morgan fingerprint density at radius 3 is 2.25 bits per heavy atom. The molecule has 3 rings (SSSR count). The summed E-state index contributed by atoms with van der Waals surface area (Å²) in [6, 6.07) is 15.9. The average molecular weight is 266 g/mol. The van der Waals surface area contributed by atoms with Crippen molar-refractivity contribution in [2.75, 3.05) is 4.90 Å². The van der Waals surface area contributed by atoms with Crippen LogP contribution in [0.5, 0.6) is 0 Å². The Labute approximate surface area is 117 Å². The molecule has 1 heterocycles. The summed E-state index contributed by atoms with van der Waals surface area (Å²) in [6.07, 6.45) is 0. The van der Waals surface area contributed by atoms with Crippen molar-refractivity contribution in [2.45, 2.75) is 13.0 Å². The lowest BCUT2D eigenvalue weighted by Crippen LogP contribution is -2.29. The zero-order chi connectivity index (χ0) is 14.1. The van der Waals surface area contributed by atoms with E-state index in [1.807, 2.05) is 61.5 Å². The minimum atomic E-state index is -0.606. The molecule has 1 unspecified atom stereocenters. The van der Waals surface area contributed by atoms with E-state index in [9.17, 15) is 9.59 Å². The Kier molecular flexibility index (Phi) is 2.99. The number of hydrogen-bond donors (Lipinski definition) is 1. The van der Waals surface area contributed by atoms with E-state index in [2.05, 4.69) is 5.32 Å². The maximum Gasteiger partial charge on any atom is 0.329 e. The number of imide groups is 1. The van der Waals surface area contributed by atoms with Crippen molar-refractivity contribution in [3.63, 3.8) is 0 Å². The molecular weight excluding hydrogens is 252 g/mol. The number of urea groups is 1. The summed E-state index contributed by atoms with van der Waals surface area (Å²) >= 11 is 0. The lowest BCUT2D eigenvalue weighted by atomic mass is 10.0. The number of para-hydroxylation sites is 1. The number of anilines is 1. The van der Waals surface area contributed by atoms with Crippen LogP contribution in [0.4, 0.5) is 10.5 Å². The van der Waals surface area contributed by atoms with Gasteiger partial charge in [0.2, 0.25) is 0 Å². The third kappa shape index (κ3) is 2.05. The summed E-state index contributed by atoms with van der Waals surface area (Å²) in [5.41, 5.74) is 2.63. The number of hydrogen-bond acceptors (Lipinski definition) is 2. The quantitative estimate of drug-likeness (QED) is 0.850. The highest BCUT2D eigenvalue weighted by atomic mass is 16.2. The predicted octanol–water partition coefficient (Wildman–Crippen LogP) is 2.79. The Balaban J connectivity index is 2.04. The Hall–Kier alpha value is -2.62. The molecule has 0 saturated carbocycles. The van der Waals surface area contributed by atoms with Gasteiger partial charge >= 0.3 is 6.03 Å². The predicted molar refractivity (Wildman–Crippen MR) is 76.4 cm³/mol. The van der Waals surface area contributed by atoms with E-state index < -0.39 is 6.04 Å². The van der Waals surface area contributed by atoms with Gasteiger partial charge in [-0.1, -0.05) is 48.0 Å². The minimum Gasteiger partial charge on any atom is -0.277 e. The Morgan fingerprint density at radius 2 is 1.60 bits per heavy atom. The molecule has 1 fully saturated rings. The smallest absolute Gasteiger partial charge is 0.277 e. The number of benzene rings is 2. The number of rotatable bonds is 2. The van der Waals surface area contributed by atoms with Gasteiger partial charge < -0.3 is 0 Å². The van der Waals surface area contributed by atoms with Gasteiger partial charge in [-0.2, -0.15) is 0 Å². The molecule has 1 aliphatic heterocycles. The first-order valence-electron chi connectivity index (χ1n) is 6.42. The lowest BCUT2D eigenvalue weighted by molar-refractivity contribution is -0.119. The maximum atomic E-state index is 12.1. The van der Waals surface area contributed by atoms with Crippen LogP contribution in [-0.4, -0.2) is 11.9 Å². The highest BCUT2D eigenvalue weighted by Crippen LogP contribution is 2.31. The molecule has 0 radical (unpaired) electrons. The molecule has 0 aromatic heterocycles. The van der Waals surface area contributed by atoms with E-state index in [0.29, 0.717) is 5.69 Å². The fraction of sp³-hybridized carbons (Fsp3) is 0.125. The molecule has 4 nitrogen and oxygen atoms in total. The van der Waals surface area contributed by atoms with Crippen LogP contribution in [0.1, 0.15) is 17.2 Å². The second-order valence-electron chi connectivity index (χ2n) is 4.81. The molecule has 2 aromatic carbocycles. The van der Waals surface area contributed by atoms with Crippen molar-refractivity contribution in [3.8, 4) is 0 Å². The molecule has 1 aliphatic rings. The van der Waals surface area contributed by atoms with Gasteiger partial charge in [0.1, 0.15) is 6.04 Å². The molecule has 2 aromatic rings. The number of nitrogens with zero attached hydrogens (tertiary/aromatic N) is 1. The van der Waals surface area contributed by atoms with Crippen LogP contribution in [-0.2, 0) is 4.79 Å². The Morgan fingerprint density at radius 1 is 0.950 bits per heavy atom. The number of nitrogens with one attached hydrogen (secondary N) is 1. The molecule has 1 saturated heterocycles. The van der Waals surface area contributed by atoms with Gasteiger partial charge in [0.05, 0.1) is 0 Å². The second-order valence-corrected chi connectivity index (χ2v) is 4.81. The van der Waals surface area contributed by atoms with Crippen molar-refractivity contribution in [1.29, 1.82) is 0 Å². The lowest BCUT2D eigenvalue weighted by Gasteiger charge is -2.22. The molecule has 100 valence electrons. The number of amides is 3. The molecular formula is C16H14N2O2. The SMILES string of the molecule is Cc1ccc(C2C(=O)NC(=O)N2c2ccccc2)cc1. The number of carbonyl (C=O) groups is 2. The van der Waals surface area contributed by atoms with Gasteiger partial charge in [-0.25, -0.2) is 4.79 Å². The normalized spacial score (nSPS) is 18.2. The van der Waals surface area contributed by atoms with Crippen molar-refractivity contribution >= 4 is 17.6 Å². The van der Waals surface area contributed by atoms with E-state index in [-0.39, 0.29) is 11.9 Å². The van der Waals surface area contributed by atoms with Crippen LogP contribution in [0.3, 0.4) is 0 Å². The second kappa shape index (κ2) is 4.81. The fourth-order valence-corrected chi connectivity index (χ4v) is 2.37. The highest BCUT2D eigenvalue weighted by molar-refractivity contribution is 6.14. The molecule has 1 N–H and O–H groups in total. The average Bonchev–Trinajstić information content (AvgIpc) is 2.75. The first-order chi connectivity index (χ1) is 9.66. The highest BCUT2D eigenvalue weighted by Gasteiger charge is 2.40. The molecule has 0 bridgehead atoms. The molecule has 0 aliphatic carbocycles. The van der Waals surface area contributed by atoms with E-state index in [4.69, 9.17) is 0 Å². The monoisotopic (exact) mass is 266 g/mol. The molecule has 4 heteroatoms. The fourth-order valence-electron chi connectivity index (χ4n) is 2.37. The molecule has 20 heavy (non-hydrogen) atoms. The minimum absolute atomic E-state index is 0.289. The standard InChI is InChI=1S/C16H14N2O2/c1-11-7-9-12(10-8-11)14-15(19)17-16(20)18(14)13-5-3-2-4-6-13/h2-10,14H,1H3,(H,17,19,20). The van der Waals surface area contributed by atoms with Crippen molar-refractivity contribution < 1.29 is 9.59 Å². The zero-order valence-electron chi connectivity index (χ0n) is 11.0. The van der Waals surface area contributed by atoms with Gasteiger partial charge in [0.25, 0.3) is 5.91 Å². The Bertz CT molecular complexity index is 650. The van der Waals surface area contributed by atoms with Gasteiger partial charge in [0.15, 0.2) is 0 Å².